The monoisotopic (exact) mass is 846 g/mol. The predicted octanol–water partition coefficient (Wildman–Crippen LogP) is 14.0. The van der Waals surface area contributed by atoms with Crippen molar-refractivity contribution < 1.29 is 0 Å². The van der Waals surface area contributed by atoms with Crippen LogP contribution in [0.2, 0.25) is 0 Å². The van der Waals surface area contributed by atoms with Crippen molar-refractivity contribution in [3.63, 3.8) is 0 Å². The van der Waals surface area contributed by atoms with Gasteiger partial charge in [-0.3, -0.25) is 0 Å². The van der Waals surface area contributed by atoms with Crippen molar-refractivity contribution in [3.05, 3.63) is 259 Å². The van der Waals surface area contributed by atoms with Crippen LogP contribution in [0.15, 0.2) is 253 Å². The summed E-state index contributed by atoms with van der Waals surface area (Å²) < 4.78 is 0. The molecule has 2 heterocycles. The predicted molar refractivity (Wildman–Crippen MR) is 270 cm³/mol. The Morgan fingerprint density at radius 2 is 0.621 bits per heavy atom. The summed E-state index contributed by atoms with van der Waals surface area (Å²) in [6.45, 7) is 0. The van der Waals surface area contributed by atoms with Gasteiger partial charge in [-0.15, -0.1) is 0 Å². The minimum atomic E-state index is -0.328. The Balaban J connectivity index is 0.936. The molecule has 0 amide bonds. The van der Waals surface area contributed by atoms with E-state index in [1.807, 2.05) is 48.5 Å². The molecule has 1 unspecified atom stereocenters. The lowest BCUT2D eigenvalue weighted by Gasteiger charge is -2.24. The van der Waals surface area contributed by atoms with E-state index in [-0.39, 0.29) is 6.17 Å². The molecule has 0 saturated heterocycles. The van der Waals surface area contributed by atoms with Crippen LogP contribution in [0.4, 0.5) is 0 Å². The summed E-state index contributed by atoms with van der Waals surface area (Å²) >= 11 is 0. The highest BCUT2D eigenvalue weighted by molar-refractivity contribution is 6.13. The van der Waals surface area contributed by atoms with E-state index in [2.05, 4.69) is 199 Å². The lowest BCUT2D eigenvalue weighted by atomic mass is 9.96. The topological polar surface area (TPSA) is 75.4 Å². The van der Waals surface area contributed by atoms with Crippen LogP contribution < -0.4 is 5.32 Å². The number of nitrogens with zero attached hydrogens (tertiary/aromatic N) is 5. The van der Waals surface area contributed by atoms with E-state index >= 15 is 0 Å². The Bertz CT molecular complexity index is 3370. The summed E-state index contributed by atoms with van der Waals surface area (Å²) in [5.74, 6) is 3.32. The average Bonchev–Trinajstić information content (AvgIpc) is 3.42. The maximum Gasteiger partial charge on any atom is 0.164 e. The Kier molecular flexibility index (Phi) is 10.9. The molecule has 0 saturated carbocycles. The van der Waals surface area contributed by atoms with Gasteiger partial charge in [-0.2, -0.15) is 0 Å². The van der Waals surface area contributed by atoms with Gasteiger partial charge in [0.2, 0.25) is 0 Å². The highest BCUT2D eigenvalue weighted by atomic mass is 15.2. The zero-order valence-corrected chi connectivity index (χ0v) is 35.9. The number of aliphatic imine (C=N–C) groups is 2. The molecular formula is C60H42N6. The molecule has 0 bridgehead atoms. The van der Waals surface area contributed by atoms with Crippen molar-refractivity contribution >= 4 is 11.7 Å². The second-order valence-corrected chi connectivity index (χ2v) is 16.2. The van der Waals surface area contributed by atoms with Crippen molar-refractivity contribution in [2.45, 2.75) is 6.17 Å². The van der Waals surface area contributed by atoms with Crippen LogP contribution in [0.25, 0.3) is 78.7 Å². The summed E-state index contributed by atoms with van der Waals surface area (Å²) in [4.78, 5) is 25.5. The molecule has 0 spiro atoms. The molecule has 1 N–H and O–H groups in total. The largest absolute Gasteiger partial charge is 0.344 e. The first-order chi connectivity index (χ1) is 32.7. The maximum atomic E-state index is 5.16. The van der Waals surface area contributed by atoms with Gasteiger partial charge >= 0.3 is 0 Å². The number of hydrogen-bond acceptors (Lipinski definition) is 6. The maximum absolute atomic E-state index is 5.16. The van der Waals surface area contributed by atoms with Crippen LogP contribution in [0.3, 0.4) is 0 Å². The van der Waals surface area contributed by atoms with Crippen LogP contribution in [-0.4, -0.2) is 26.6 Å². The van der Waals surface area contributed by atoms with Gasteiger partial charge in [-0.05, 0) is 74.3 Å². The van der Waals surface area contributed by atoms with Crippen molar-refractivity contribution in [3.8, 4) is 78.7 Å². The number of amidine groups is 2. The molecule has 0 fully saturated rings. The van der Waals surface area contributed by atoms with E-state index in [0.29, 0.717) is 23.3 Å². The van der Waals surface area contributed by atoms with Gasteiger partial charge in [0.1, 0.15) is 12.0 Å². The standard InChI is InChI=1S/C60H42N6/c1-5-17-41(18-6-1)43-33-35-46(36-34-43)57-64-59(52-30-14-25-47(38-52)42-19-7-2-8-20-42)66-60(65-57)54-32-16-29-51(40-54)49-27-13-26-48(37-49)50-28-15-31-53(39-50)58-62-55(44-21-9-3-10-22-44)61-56(63-58)45-23-11-4-12-24-45/h1-40,58H,(H,61,62,63). The lowest BCUT2D eigenvalue weighted by molar-refractivity contribution is 0.674. The molecule has 66 heavy (non-hydrogen) atoms. The number of hydrogen-bond donors (Lipinski definition) is 1. The molecule has 1 aromatic heterocycles. The van der Waals surface area contributed by atoms with Gasteiger partial charge in [0.15, 0.2) is 23.3 Å². The first kappa shape index (κ1) is 39.9. The van der Waals surface area contributed by atoms with Crippen LogP contribution in [0, 0.1) is 0 Å². The third kappa shape index (κ3) is 8.59. The van der Waals surface area contributed by atoms with Crippen molar-refractivity contribution in [1.29, 1.82) is 0 Å². The van der Waals surface area contributed by atoms with Gasteiger partial charge in [0.05, 0.1) is 0 Å². The van der Waals surface area contributed by atoms with Crippen molar-refractivity contribution in [1.82, 2.24) is 20.3 Å². The molecule has 6 heteroatoms. The summed E-state index contributed by atoms with van der Waals surface area (Å²) in [7, 11) is 0. The molecule has 0 aliphatic carbocycles. The third-order valence-corrected chi connectivity index (χ3v) is 11.8. The molecule has 9 aromatic carbocycles. The third-order valence-electron chi connectivity index (χ3n) is 11.8. The highest BCUT2D eigenvalue weighted by Crippen LogP contribution is 2.34. The molecule has 6 nitrogen and oxygen atoms in total. The van der Waals surface area contributed by atoms with Gasteiger partial charge in [-0.1, -0.05) is 218 Å². The second kappa shape index (κ2) is 18.1. The molecular weight excluding hydrogens is 805 g/mol. The van der Waals surface area contributed by atoms with Gasteiger partial charge < -0.3 is 5.32 Å². The Hall–Kier alpha value is -8.87. The fourth-order valence-electron chi connectivity index (χ4n) is 8.36. The van der Waals surface area contributed by atoms with Crippen LogP contribution in [0.1, 0.15) is 22.9 Å². The summed E-state index contributed by atoms with van der Waals surface area (Å²) in [6.07, 6.45) is -0.328. The quantitative estimate of drug-likeness (QED) is 0.149. The molecule has 10 aromatic rings. The lowest BCUT2D eigenvalue weighted by Crippen LogP contribution is -2.33. The SMILES string of the molecule is c1ccc(C2=NC(c3cccc(-c4cccc(-c5cccc(-c6nc(-c7ccc(-c8ccccc8)cc7)nc(-c7cccc(-c8ccccc8)c7)n6)c5)c4)c3)NC(c3ccccc3)=N2)cc1. The first-order valence-electron chi connectivity index (χ1n) is 22.1. The number of benzene rings is 9. The number of rotatable bonds is 10. The fourth-order valence-corrected chi connectivity index (χ4v) is 8.36. The van der Waals surface area contributed by atoms with E-state index in [1.165, 1.54) is 0 Å². The summed E-state index contributed by atoms with van der Waals surface area (Å²) in [5, 5.41) is 3.62. The molecule has 312 valence electrons. The van der Waals surface area contributed by atoms with Crippen LogP contribution >= 0.6 is 0 Å². The molecule has 1 atom stereocenters. The van der Waals surface area contributed by atoms with Gasteiger partial charge in [0, 0.05) is 27.8 Å². The number of nitrogens with one attached hydrogen (secondary N) is 1. The zero-order chi connectivity index (χ0) is 44.1. The van der Waals surface area contributed by atoms with E-state index in [1.54, 1.807) is 0 Å². The summed E-state index contributed by atoms with van der Waals surface area (Å²) in [5.41, 5.74) is 14.6. The van der Waals surface area contributed by atoms with Crippen LogP contribution in [-0.2, 0) is 0 Å². The first-order valence-corrected chi connectivity index (χ1v) is 22.1. The Morgan fingerprint density at radius 1 is 0.273 bits per heavy atom. The molecule has 0 radical (unpaired) electrons. The van der Waals surface area contributed by atoms with Gasteiger partial charge in [-0.25, -0.2) is 24.9 Å². The average molecular weight is 847 g/mol. The zero-order valence-electron chi connectivity index (χ0n) is 35.9. The summed E-state index contributed by atoms with van der Waals surface area (Å²) in [6, 6.07) is 83.8. The van der Waals surface area contributed by atoms with Crippen molar-refractivity contribution in [2.75, 3.05) is 0 Å². The molecule has 1 aliphatic rings. The second-order valence-electron chi connectivity index (χ2n) is 16.2. The Morgan fingerprint density at radius 3 is 1.15 bits per heavy atom. The highest BCUT2D eigenvalue weighted by Gasteiger charge is 2.22. The minimum Gasteiger partial charge on any atom is -0.344 e. The number of aromatic nitrogens is 3. The van der Waals surface area contributed by atoms with E-state index in [0.717, 1.165) is 83.7 Å². The van der Waals surface area contributed by atoms with E-state index in [9.17, 15) is 0 Å². The van der Waals surface area contributed by atoms with Crippen LogP contribution in [0.5, 0.6) is 0 Å². The van der Waals surface area contributed by atoms with Crippen molar-refractivity contribution in [2.24, 2.45) is 9.98 Å². The molecule has 1 aliphatic heterocycles. The molecule has 11 rings (SSSR count). The van der Waals surface area contributed by atoms with E-state index < -0.39 is 0 Å². The van der Waals surface area contributed by atoms with Gasteiger partial charge in [0.25, 0.3) is 0 Å². The fraction of sp³-hybridized carbons (Fsp3) is 0.0167. The van der Waals surface area contributed by atoms with E-state index in [4.69, 9.17) is 24.9 Å². The normalized spacial score (nSPS) is 13.3. The smallest absolute Gasteiger partial charge is 0.164 e. The Labute approximate surface area is 384 Å². The minimum absolute atomic E-state index is 0.328.